The summed E-state index contributed by atoms with van der Waals surface area (Å²) in [5.74, 6) is -0.962. The zero-order chi connectivity index (χ0) is 24.4. The summed E-state index contributed by atoms with van der Waals surface area (Å²) < 4.78 is 5.51. The maximum atomic E-state index is 12.5. The molecule has 2 atom stereocenters. The van der Waals surface area contributed by atoms with Gasteiger partial charge in [0.25, 0.3) is 5.91 Å². The van der Waals surface area contributed by atoms with E-state index >= 15 is 0 Å². The Morgan fingerprint density at radius 3 is 2.40 bits per heavy atom. The highest BCUT2D eigenvalue weighted by atomic mass is 16.5. The number of carboxylic acid groups (broad SMARTS) is 1. The molecule has 0 aliphatic heterocycles. The number of ether oxygens (including phenoxy) is 1. The molecule has 2 amide bonds. The van der Waals surface area contributed by atoms with Crippen LogP contribution in [0.25, 0.3) is 11.1 Å². The normalized spacial score (nSPS) is 18.5. The Bertz CT molecular complexity index is 1220. The van der Waals surface area contributed by atoms with E-state index in [1.165, 1.54) is 6.07 Å². The second-order valence-corrected chi connectivity index (χ2v) is 9.06. The molecule has 0 radical (unpaired) electrons. The number of anilines is 1. The van der Waals surface area contributed by atoms with E-state index in [0.29, 0.717) is 6.42 Å². The van der Waals surface area contributed by atoms with E-state index in [9.17, 15) is 14.4 Å². The molecule has 35 heavy (non-hydrogen) atoms. The number of nitrogens with zero attached hydrogens (tertiary/aromatic N) is 1. The minimum Gasteiger partial charge on any atom is -0.481 e. The quantitative estimate of drug-likeness (QED) is 0.407. The number of carboxylic acids is 1. The minimum absolute atomic E-state index is 0.0509. The van der Waals surface area contributed by atoms with Crippen LogP contribution in [0.5, 0.6) is 0 Å². The van der Waals surface area contributed by atoms with Crippen LogP contribution in [0.4, 0.5) is 10.6 Å². The van der Waals surface area contributed by atoms with Gasteiger partial charge in [-0.05, 0) is 47.4 Å². The van der Waals surface area contributed by atoms with Crippen molar-refractivity contribution in [1.29, 1.82) is 0 Å². The van der Waals surface area contributed by atoms with Crippen LogP contribution in [-0.2, 0) is 9.53 Å². The first kappa shape index (κ1) is 22.6. The topological polar surface area (TPSA) is 133 Å². The van der Waals surface area contributed by atoms with E-state index in [1.54, 1.807) is 0 Å². The highest BCUT2D eigenvalue weighted by molar-refractivity contribution is 5.94. The van der Waals surface area contributed by atoms with Gasteiger partial charge in [0.2, 0.25) is 0 Å². The number of benzene rings is 2. The molecule has 3 aromatic rings. The molecule has 1 fully saturated rings. The average molecular weight is 475 g/mol. The minimum atomic E-state index is -0.820. The van der Waals surface area contributed by atoms with Crippen molar-refractivity contribution in [1.82, 2.24) is 15.5 Å². The molecule has 2 aliphatic carbocycles. The van der Waals surface area contributed by atoms with E-state index in [-0.39, 0.29) is 48.3 Å². The van der Waals surface area contributed by atoms with Gasteiger partial charge in [0, 0.05) is 24.4 Å². The van der Waals surface area contributed by atoms with Crippen molar-refractivity contribution in [3.8, 4) is 11.1 Å². The number of carbonyl (C=O) groups is 3. The van der Waals surface area contributed by atoms with Crippen LogP contribution in [0.3, 0.4) is 0 Å². The summed E-state index contributed by atoms with van der Waals surface area (Å²) in [6, 6.07) is 17.6. The summed E-state index contributed by atoms with van der Waals surface area (Å²) in [5.41, 5.74) is 4.75. The summed E-state index contributed by atoms with van der Waals surface area (Å²) in [4.78, 5) is 35.8. The lowest BCUT2D eigenvalue weighted by Gasteiger charge is -2.14. The van der Waals surface area contributed by atoms with Gasteiger partial charge in [-0.1, -0.05) is 48.5 Å². The third kappa shape index (κ3) is 4.89. The molecule has 9 nitrogen and oxygen atoms in total. The Hall–Kier alpha value is -4.14. The smallest absolute Gasteiger partial charge is 0.412 e. The Labute approximate surface area is 201 Å². The molecule has 1 heterocycles. The second-order valence-electron chi connectivity index (χ2n) is 9.06. The Morgan fingerprint density at radius 1 is 1.03 bits per heavy atom. The second kappa shape index (κ2) is 9.61. The van der Waals surface area contributed by atoms with Crippen LogP contribution in [0.2, 0.25) is 0 Å². The first-order valence-corrected chi connectivity index (χ1v) is 11.7. The third-order valence-electron chi connectivity index (χ3n) is 6.74. The van der Waals surface area contributed by atoms with E-state index in [0.717, 1.165) is 35.1 Å². The van der Waals surface area contributed by atoms with Crippen LogP contribution in [-0.4, -0.2) is 45.9 Å². The Balaban J connectivity index is 1.15. The summed E-state index contributed by atoms with van der Waals surface area (Å²) in [6.07, 6.45) is 1.61. The summed E-state index contributed by atoms with van der Waals surface area (Å²) >= 11 is 0. The lowest BCUT2D eigenvalue weighted by atomic mass is 9.98. The lowest BCUT2D eigenvalue weighted by Crippen LogP contribution is -2.33. The fraction of sp³-hybridized carbons (Fsp3) is 0.308. The van der Waals surface area contributed by atoms with Crippen molar-refractivity contribution in [2.24, 2.45) is 5.92 Å². The largest absolute Gasteiger partial charge is 0.481 e. The van der Waals surface area contributed by atoms with Crippen molar-refractivity contribution in [3.63, 3.8) is 0 Å². The fourth-order valence-corrected chi connectivity index (χ4v) is 5.14. The van der Waals surface area contributed by atoms with Crippen LogP contribution >= 0.6 is 0 Å². The molecule has 0 bridgehead atoms. The first-order chi connectivity index (χ1) is 17.0. The summed E-state index contributed by atoms with van der Waals surface area (Å²) in [6.45, 7) is 0.177. The predicted octanol–water partition coefficient (Wildman–Crippen LogP) is 4.14. The molecule has 2 aliphatic rings. The van der Waals surface area contributed by atoms with Crippen LogP contribution < -0.4 is 10.6 Å². The van der Waals surface area contributed by atoms with Crippen molar-refractivity contribution < 1.29 is 24.2 Å². The number of nitrogens with one attached hydrogen (secondary N) is 3. The van der Waals surface area contributed by atoms with Crippen molar-refractivity contribution in [3.05, 3.63) is 71.4 Å². The highest BCUT2D eigenvalue weighted by Gasteiger charge is 2.30. The number of rotatable bonds is 7. The molecule has 5 rings (SSSR count). The number of amides is 2. The molecule has 1 aromatic heterocycles. The molecule has 0 spiro atoms. The third-order valence-corrected chi connectivity index (χ3v) is 6.74. The van der Waals surface area contributed by atoms with Gasteiger partial charge in [-0.3, -0.25) is 20.0 Å². The number of H-pyrrole nitrogens is 1. The summed E-state index contributed by atoms with van der Waals surface area (Å²) in [5, 5.41) is 21.0. The van der Waals surface area contributed by atoms with Gasteiger partial charge >= 0.3 is 12.1 Å². The van der Waals surface area contributed by atoms with Gasteiger partial charge in [0.1, 0.15) is 12.3 Å². The number of hydrogen-bond donors (Lipinski definition) is 4. The molecule has 9 heteroatoms. The number of carbonyl (C=O) groups excluding carboxylic acids is 2. The SMILES string of the molecule is O=C(O)C[C@@H]1CC[C@H](NC(=O)c2cc(NC(=O)OCC3c4ccccc4-c4ccccc43)n[nH]2)C1. The Morgan fingerprint density at radius 2 is 1.71 bits per heavy atom. The fourth-order valence-electron chi connectivity index (χ4n) is 5.14. The molecule has 2 aromatic carbocycles. The van der Waals surface area contributed by atoms with Gasteiger partial charge in [-0.2, -0.15) is 5.10 Å². The van der Waals surface area contributed by atoms with Gasteiger partial charge in [0.05, 0.1) is 0 Å². The lowest BCUT2D eigenvalue weighted by molar-refractivity contribution is -0.138. The van der Waals surface area contributed by atoms with Crippen LogP contribution in [0.15, 0.2) is 54.6 Å². The highest BCUT2D eigenvalue weighted by Crippen LogP contribution is 2.44. The number of aromatic amines is 1. The van der Waals surface area contributed by atoms with Crippen molar-refractivity contribution in [2.75, 3.05) is 11.9 Å². The van der Waals surface area contributed by atoms with Crippen molar-refractivity contribution in [2.45, 2.75) is 37.6 Å². The zero-order valence-corrected chi connectivity index (χ0v) is 19.0. The molecule has 0 unspecified atom stereocenters. The molecule has 180 valence electrons. The maximum absolute atomic E-state index is 12.5. The molecule has 0 saturated heterocycles. The summed E-state index contributed by atoms with van der Waals surface area (Å²) in [7, 11) is 0. The molecular formula is C26H26N4O5. The number of hydrogen-bond acceptors (Lipinski definition) is 5. The standard InChI is InChI=1S/C26H26N4O5/c31-24(32)12-15-9-10-16(11-15)27-25(33)22-13-23(30-29-22)28-26(34)35-14-21-19-7-3-1-5-17(19)18-6-2-4-8-20(18)21/h1-8,13,15-16,21H,9-12,14H2,(H,27,33)(H,31,32)(H2,28,29,30,34)/t15-,16+/m1/s1. The van der Waals surface area contributed by atoms with Gasteiger partial charge < -0.3 is 15.2 Å². The number of fused-ring (bicyclic) bond motifs is 3. The first-order valence-electron chi connectivity index (χ1n) is 11.7. The van der Waals surface area contributed by atoms with Crippen molar-refractivity contribution >= 4 is 23.8 Å². The predicted molar refractivity (Wildman–Crippen MR) is 128 cm³/mol. The van der Waals surface area contributed by atoms with E-state index in [1.807, 2.05) is 36.4 Å². The molecule has 1 saturated carbocycles. The van der Waals surface area contributed by atoms with E-state index in [2.05, 4.69) is 33.0 Å². The molecule has 4 N–H and O–H groups in total. The van der Waals surface area contributed by atoms with Gasteiger partial charge in [-0.25, -0.2) is 4.79 Å². The van der Waals surface area contributed by atoms with Gasteiger partial charge in [0.15, 0.2) is 5.82 Å². The van der Waals surface area contributed by atoms with E-state index < -0.39 is 12.1 Å². The Kier molecular flexibility index (Phi) is 6.22. The van der Waals surface area contributed by atoms with Crippen LogP contribution in [0.1, 0.15) is 53.2 Å². The number of aliphatic carboxylic acids is 1. The van der Waals surface area contributed by atoms with Gasteiger partial charge in [-0.15, -0.1) is 0 Å². The monoisotopic (exact) mass is 474 g/mol. The molecular weight excluding hydrogens is 448 g/mol. The maximum Gasteiger partial charge on any atom is 0.412 e. The zero-order valence-electron chi connectivity index (χ0n) is 19.0. The number of aromatic nitrogens is 2. The van der Waals surface area contributed by atoms with Crippen LogP contribution in [0, 0.1) is 5.92 Å². The van der Waals surface area contributed by atoms with E-state index in [4.69, 9.17) is 9.84 Å². The average Bonchev–Trinajstić information content (AvgIpc) is 3.55.